The van der Waals surface area contributed by atoms with Gasteiger partial charge in [-0.2, -0.15) is 21.6 Å². The Bertz CT molecular complexity index is 1090. The molecule has 1 N–H and O–H groups in total. The summed E-state index contributed by atoms with van der Waals surface area (Å²) in [5.74, 6) is 0. The maximum absolute atomic E-state index is 12.9. The van der Waals surface area contributed by atoms with Crippen LogP contribution in [0, 0.1) is 6.92 Å². The lowest BCUT2D eigenvalue weighted by atomic mass is 10.2. The zero-order valence-corrected chi connectivity index (χ0v) is 15.6. The second-order valence-electron chi connectivity index (χ2n) is 6.27. The molecule has 0 bridgehead atoms. The van der Waals surface area contributed by atoms with Crippen LogP contribution >= 0.6 is 0 Å². The largest absolute Gasteiger partial charge is 0.401 e. The van der Waals surface area contributed by atoms with Crippen LogP contribution in [-0.4, -0.2) is 43.0 Å². The van der Waals surface area contributed by atoms with E-state index in [2.05, 4.69) is 0 Å². The first-order valence-electron chi connectivity index (χ1n) is 7.61. The molecule has 0 saturated carbocycles. The number of aryl methyl sites for hydroxylation is 1. The fourth-order valence-electron chi connectivity index (χ4n) is 2.99. The predicted octanol–water partition coefficient (Wildman–Crippen LogP) is 2.16. The van der Waals surface area contributed by atoms with Crippen molar-refractivity contribution in [2.45, 2.75) is 36.0 Å². The number of alkyl halides is 3. The van der Waals surface area contributed by atoms with E-state index in [1.54, 1.807) is 6.92 Å². The van der Waals surface area contributed by atoms with Crippen LogP contribution in [0.25, 0.3) is 0 Å². The SMILES string of the molecule is Cc1ccc(S(=O)(=O)n2cc(S(=O)(=O)O)c3c2CN(CC(F)(F)F)C3)cc1. The van der Waals surface area contributed by atoms with Crippen LogP contribution in [-0.2, 0) is 33.2 Å². The lowest BCUT2D eigenvalue weighted by molar-refractivity contribution is -0.147. The molecule has 2 heterocycles. The van der Waals surface area contributed by atoms with Crippen molar-refractivity contribution in [2.24, 2.45) is 0 Å². The highest BCUT2D eigenvalue weighted by atomic mass is 32.2. The van der Waals surface area contributed by atoms with Crippen molar-refractivity contribution in [3.05, 3.63) is 47.3 Å². The molecule has 12 heteroatoms. The molecule has 1 aromatic heterocycles. The molecule has 0 saturated heterocycles. The van der Waals surface area contributed by atoms with Gasteiger partial charge >= 0.3 is 6.18 Å². The summed E-state index contributed by atoms with van der Waals surface area (Å²) in [5.41, 5.74) is 0.520. The lowest BCUT2D eigenvalue weighted by Gasteiger charge is -2.18. The molecule has 3 rings (SSSR count). The quantitative estimate of drug-likeness (QED) is 0.756. The minimum Gasteiger partial charge on any atom is -0.285 e. The predicted molar refractivity (Wildman–Crippen MR) is 88.2 cm³/mol. The van der Waals surface area contributed by atoms with Crippen molar-refractivity contribution >= 4 is 20.1 Å². The van der Waals surface area contributed by atoms with Gasteiger partial charge in [0.15, 0.2) is 0 Å². The molecule has 0 unspecified atom stereocenters. The van der Waals surface area contributed by atoms with Crippen LogP contribution in [0.1, 0.15) is 16.8 Å². The lowest BCUT2D eigenvalue weighted by Crippen LogP contribution is -2.31. The van der Waals surface area contributed by atoms with Crippen LogP contribution in [0.15, 0.2) is 40.3 Å². The fourth-order valence-corrected chi connectivity index (χ4v) is 5.20. The van der Waals surface area contributed by atoms with Gasteiger partial charge in [0.25, 0.3) is 20.1 Å². The van der Waals surface area contributed by atoms with E-state index in [1.807, 2.05) is 0 Å². The van der Waals surface area contributed by atoms with E-state index in [1.165, 1.54) is 24.3 Å². The van der Waals surface area contributed by atoms with Gasteiger partial charge in [-0.15, -0.1) is 0 Å². The second kappa shape index (κ2) is 6.33. The summed E-state index contributed by atoms with van der Waals surface area (Å²) in [4.78, 5) is 0.000430. The highest BCUT2D eigenvalue weighted by Gasteiger charge is 2.39. The number of rotatable bonds is 4. The minimum absolute atomic E-state index is 0.118. The Labute approximate surface area is 153 Å². The number of hydrogen-bond acceptors (Lipinski definition) is 5. The third-order valence-electron chi connectivity index (χ3n) is 4.16. The molecule has 7 nitrogen and oxygen atoms in total. The van der Waals surface area contributed by atoms with Gasteiger partial charge in [0.05, 0.1) is 17.1 Å². The van der Waals surface area contributed by atoms with Gasteiger partial charge in [-0.25, -0.2) is 12.4 Å². The van der Waals surface area contributed by atoms with Crippen LogP contribution < -0.4 is 0 Å². The number of fused-ring (bicyclic) bond motifs is 1. The summed E-state index contributed by atoms with van der Waals surface area (Å²) in [5, 5.41) is 0. The third-order valence-corrected chi connectivity index (χ3v) is 6.78. The molecule has 2 aromatic rings. The molecule has 0 aliphatic carbocycles. The van der Waals surface area contributed by atoms with Gasteiger partial charge in [0, 0.05) is 24.8 Å². The van der Waals surface area contributed by atoms with Crippen molar-refractivity contribution in [3.8, 4) is 0 Å². The monoisotopic (exact) mass is 424 g/mol. The molecule has 0 atom stereocenters. The maximum Gasteiger partial charge on any atom is 0.401 e. The Hall–Kier alpha value is -1.89. The summed E-state index contributed by atoms with van der Waals surface area (Å²) in [6, 6.07) is 5.70. The molecule has 1 aliphatic rings. The van der Waals surface area contributed by atoms with Gasteiger partial charge in [0.1, 0.15) is 4.90 Å². The summed E-state index contributed by atoms with van der Waals surface area (Å²) in [7, 11) is -9.07. The summed E-state index contributed by atoms with van der Waals surface area (Å²) < 4.78 is 97.0. The molecule has 0 spiro atoms. The third kappa shape index (κ3) is 3.88. The number of hydrogen-bond donors (Lipinski definition) is 1. The van der Waals surface area contributed by atoms with Crippen LogP contribution in [0.2, 0.25) is 0 Å². The summed E-state index contributed by atoms with van der Waals surface area (Å²) in [6.45, 7) is -0.456. The van der Waals surface area contributed by atoms with Gasteiger partial charge in [-0.05, 0) is 19.1 Å². The van der Waals surface area contributed by atoms with E-state index in [0.29, 0.717) is 3.97 Å². The Morgan fingerprint density at radius 3 is 2.19 bits per heavy atom. The second-order valence-corrected chi connectivity index (χ2v) is 9.47. The minimum atomic E-state index is -4.82. The van der Waals surface area contributed by atoms with Crippen LogP contribution in [0.5, 0.6) is 0 Å². The van der Waals surface area contributed by atoms with Gasteiger partial charge in [0.2, 0.25) is 0 Å². The van der Waals surface area contributed by atoms with Crippen molar-refractivity contribution in [2.75, 3.05) is 6.54 Å². The van der Waals surface area contributed by atoms with Gasteiger partial charge in [-0.1, -0.05) is 17.7 Å². The first kappa shape index (κ1) is 19.9. The van der Waals surface area contributed by atoms with E-state index < -0.39 is 50.8 Å². The average molecular weight is 424 g/mol. The normalized spacial score (nSPS) is 15.9. The fraction of sp³-hybridized carbons (Fsp3) is 0.333. The van der Waals surface area contributed by atoms with Crippen LogP contribution in [0.4, 0.5) is 13.2 Å². The van der Waals surface area contributed by atoms with Gasteiger partial charge < -0.3 is 0 Å². The molecular formula is C15H15F3N2O5S2. The van der Waals surface area contributed by atoms with E-state index in [9.17, 15) is 34.6 Å². The van der Waals surface area contributed by atoms with Crippen molar-refractivity contribution in [1.29, 1.82) is 0 Å². The first-order chi connectivity index (χ1) is 12.3. The van der Waals surface area contributed by atoms with Crippen molar-refractivity contribution in [1.82, 2.24) is 8.87 Å². The molecule has 0 amide bonds. The highest BCUT2D eigenvalue weighted by Crippen LogP contribution is 2.34. The molecule has 1 aliphatic heterocycles. The van der Waals surface area contributed by atoms with E-state index in [-0.39, 0.29) is 16.2 Å². The Kier molecular flexibility index (Phi) is 4.65. The van der Waals surface area contributed by atoms with Crippen molar-refractivity contribution in [3.63, 3.8) is 0 Å². The number of benzene rings is 1. The molecule has 27 heavy (non-hydrogen) atoms. The first-order valence-corrected chi connectivity index (χ1v) is 10.5. The Morgan fingerprint density at radius 2 is 1.67 bits per heavy atom. The standard InChI is InChI=1S/C15H15F3N2O5S2/c1-10-2-4-11(5-3-10)26(21,22)20-8-14(27(23,24)25)12-6-19(7-13(12)20)9-15(16,17)18/h2-5,8H,6-7,9H2,1H3,(H,23,24,25). The van der Waals surface area contributed by atoms with Crippen molar-refractivity contribution < 1.29 is 34.6 Å². The van der Waals surface area contributed by atoms with E-state index >= 15 is 0 Å². The number of aromatic nitrogens is 1. The molecule has 148 valence electrons. The van der Waals surface area contributed by atoms with Crippen LogP contribution in [0.3, 0.4) is 0 Å². The molecule has 0 radical (unpaired) electrons. The summed E-state index contributed by atoms with van der Waals surface area (Å²) in [6.07, 6.45) is -3.80. The van der Waals surface area contributed by atoms with E-state index in [0.717, 1.165) is 16.7 Å². The highest BCUT2D eigenvalue weighted by molar-refractivity contribution is 7.90. The molecule has 0 fully saturated rings. The topological polar surface area (TPSA) is 96.7 Å². The Morgan fingerprint density at radius 1 is 1.07 bits per heavy atom. The zero-order valence-electron chi connectivity index (χ0n) is 13.9. The Balaban J connectivity index is 2.12. The summed E-state index contributed by atoms with van der Waals surface area (Å²) >= 11 is 0. The smallest absolute Gasteiger partial charge is 0.285 e. The van der Waals surface area contributed by atoms with E-state index in [4.69, 9.17) is 0 Å². The number of halogens is 3. The molecular weight excluding hydrogens is 409 g/mol. The van der Waals surface area contributed by atoms with Gasteiger partial charge in [-0.3, -0.25) is 9.45 Å². The number of nitrogens with zero attached hydrogens (tertiary/aromatic N) is 2. The average Bonchev–Trinajstić information content (AvgIpc) is 3.02. The maximum atomic E-state index is 12.9. The zero-order chi connectivity index (χ0) is 20.2. The molecule has 1 aromatic carbocycles.